The summed E-state index contributed by atoms with van der Waals surface area (Å²) in [5.41, 5.74) is 2.83. The molecule has 0 amide bonds. The van der Waals surface area contributed by atoms with Crippen molar-refractivity contribution < 1.29 is 0 Å². The number of nitrogens with zero attached hydrogens (tertiary/aromatic N) is 3. The number of rotatable bonds is 5. The molecule has 2 rings (SSSR count). The van der Waals surface area contributed by atoms with Crippen molar-refractivity contribution in [3.05, 3.63) is 53.7 Å². The van der Waals surface area contributed by atoms with Crippen LogP contribution in [0.3, 0.4) is 0 Å². The molecule has 1 aromatic carbocycles. The summed E-state index contributed by atoms with van der Waals surface area (Å²) >= 11 is 0. The highest BCUT2D eigenvalue weighted by Gasteiger charge is 2.14. The number of hydrogen-bond donors (Lipinski definition) is 1. The van der Waals surface area contributed by atoms with Crippen LogP contribution in [-0.4, -0.2) is 18.6 Å². The zero-order chi connectivity index (χ0) is 15.2. The fraction of sp³-hybridized carbons (Fsp3) is 0.294. The zero-order valence-electron chi connectivity index (χ0n) is 12.7. The summed E-state index contributed by atoms with van der Waals surface area (Å²) in [6, 6.07) is 13.9. The second kappa shape index (κ2) is 6.87. The Morgan fingerprint density at radius 2 is 2.00 bits per heavy atom. The Labute approximate surface area is 126 Å². The van der Waals surface area contributed by atoms with E-state index in [1.54, 1.807) is 6.20 Å². The van der Waals surface area contributed by atoms with Crippen molar-refractivity contribution in [2.75, 3.05) is 18.5 Å². The van der Waals surface area contributed by atoms with E-state index < -0.39 is 0 Å². The average Bonchev–Trinajstić information content (AvgIpc) is 2.54. The third kappa shape index (κ3) is 3.39. The quantitative estimate of drug-likeness (QED) is 0.912. The van der Waals surface area contributed by atoms with E-state index in [1.165, 1.54) is 0 Å². The first-order chi connectivity index (χ1) is 10.2. The van der Waals surface area contributed by atoms with E-state index in [2.05, 4.69) is 36.3 Å². The van der Waals surface area contributed by atoms with E-state index in [1.807, 2.05) is 42.3 Å². The van der Waals surface area contributed by atoms with Crippen molar-refractivity contribution >= 4 is 11.5 Å². The van der Waals surface area contributed by atoms with Gasteiger partial charge in [-0.2, -0.15) is 5.26 Å². The van der Waals surface area contributed by atoms with Gasteiger partial charge in [0.25, 0.3) is 0 Å². The molecule has 0 aliphatic rings. The van der Waals surface area contributed by atoms with Gasteiger partial charge in [0.2, 0.25) is 0 Å². The maximum Gasteiger partial charge on any atom is 0.137 e. The SMILES string of the molecule is CCNC(C)c1cccnc1N(C)c1ccc(C#N)cc1. The number of benzene rings is 1. The Hall–Kier alpha value is -2.38. The van der Waals surface area contributed by atoms with Crippen LogP contribution in [0.2, 0.25) is 0 Å². The van der Waals surface area contributed by atoms with Gasteiger partial charge in [0, 0.05) is 30.5 Å². The molecule has 1 unspecified atom stereocenters. The number of anilines is 2. The second-order valence-electron chi connectivity index (χ2n) is 4.91. The maximum atomic E-state index is 8.88. The van der Waals surface area contributed by atoms with Gasteiger partial charge in [-0.05, 0) is 43.8 Å². The summed E-state index contributed by atoms with van der Waals surface area (Å²) in [6.07, 6.45) is 1.80. The molecule has 0 aliphatic carbocycles. The number of nitrogens with one attached hydrogen (secondary N) is 1. The van der Waals surface area contributed by atoms with Crippen LogP contribution >= 0.6 is 0 Å². The molecular weight excluding hydrogens is 260 g/mol. The molecule has 0 saturated carbocycles. The standard InChI is InChI=1S/C17H20N4/c1-4-19-13(2)16-6-5-11-20-17(16)21(3)15-9-7-14(12-18)8-10-15/h5-11,13,19H,4H2,1-3H3. The zero-order valence-corrected chi connectivity index (χ0v) is 12.7. The van der Waals surface area contributed by atoms with Crippen molar-refractivity contribution in [1.82, 2.24) is 10.3 Å². The van der Waals surface area contributed by atoms with Crippen molar-refractivity contribution in [3.63, 3.8) is 0 Å². The summed E-state index contributed by atoms with van der Waals surface area (Å²) in [6.45, 7) is 5.14. The number of pyridine rings is 1. The van der Waals surface area contributed by atoms with Gasteiger partial charge in [0.05, 0.1) is 11.6 Å². The van der Waals surface area contributed by atoms with Gasteiger partial charge in [-0.1, -0.05) is 13.0 Å². The van der Waals surface area contributed by atoms with Gasteiger partial charge in [-0.3, -0.25) is 0 Å². The molecule has 1 heterocycles. The monoisotopic (exact) mass is 280 g/mol. The fourth-order valence-corrected chi connectivity index (χ4v) is 2.33. The lowest BCUT2D eigenvalue weighted by Gasteiger charge is -2.24. The Balaban J connectivity index is 2.34. The fourth-order valence-electron chi connectivity index (χ4n) is 2.33. The molecule has 0 bridgehead atoms. The minimum Gasteiger partial charge on any atom is -0.329 e. The molecule has 1 atom stereocenters. The van der Waals surface area contributed by atoms with E-state index in [4.69, 9.17) is 5.26 Å². The average molecular weight is 280 g/mol. The number of hydrogen-bond acceptors (Lipinski definition) is 4. The molecule has 0 radical (unpaired) electrons. The third-order valence-corrected chi connectivity index (χ3v) is 3.50. The van der Waals surface area contributed by atoms with Gasteiger partial charge in [-0.15, -0.1) is 0 Å². The summed E-state index contributed by atoms with van der Waals surface area (Å²) in [5.74, 6) is 0.927. The van der Waals surface area contributed by atoms with Crippen LogP contribution in [-0.2, 0) is 0 Å². The highest BCUT2D eigenvalue weighted by atomic mass is 15.2. The van der Waals surface area contributed by atoms with E-state index in [0.29, 0.717) is 5.56 Å². The molecule has 2 aromatic rings. The van der Waals surface area contributed by atoms with E-state index in [9.17, 15) is 0 Å². The van der Waals surface area contributed by atoms with E-state index >= 15 is 0 Å². The van der Waals surface area contributed by atoms with Gasteiger partial charge in [0.15, 0.2) is 0 Å². The lowest BCUT2D eigenvalue weighted by atomic mass is 10.1. The predicted octanol–water partition coefficient (Wildman–Crippen LogP) is 3.39. The molecule has 0 saturated heterocycles. The number of aromatic nitrogens is 1. The lowest BCUT2D eigenvalue weighted by Crippen LogP contribution is -2.22. The summed E-state index contributed by atoms with van der Waals surface area (Å²) in [7, 11) is 1.99. The Morgan fingerprint density at radius 1 is 1.29 bits per heavy atom. The van der Waals surface area contributed by atoms with E-state index in [0.717, 1.165) is 23.6 Å². The molecular formula is C17H20N4. The van der Waals surface area contributed by atoms with Crippen molar-refractivity contribution in [2.24, 2.45) is 0 Å². The maximum absolute atomic E-state index is 8.88. The third-order valence-electron chi connectivity index (χ3n) is 3.50. The Morgan fingerprint density at radius 3 is 2.62 bits per heavy atom. The van der Waals surface area contributed by atoms with Crippen molar-refractivity contribution in [2.45, 2.75) is 19.9 Å². The Bertz CT molecular complexity index is 628. The van der Waals surface area contributed by atoms with Gasteiger partial charge >= 0.3 is 0 Å². The molecule has 4 nitrogen and oxygen atoms in total. The highest BCUT2D eigenvalue weighted by molar-refractivity contribution is 5.63. The van der Waals surface area contributed by atoms with E-state index in [-0.39, 0.29) is 6.04 Å². The molecule has 108 valence electrons. The molecule has 1 N–H and O–H groups in total. The van der Waals surface area contributed by atoms with Crippen LogP contribution in [0.5, 0.6) is 0 Å². The molecule has 21 heavy (non-hydrogen) atoms. The lowest BCUT2D eigenvalue weighted by molar-refractivity contribution is 0.596. The van der Waals surface area contributed by atoms with Crippen LogP contribution in [0.1, 0.15) is 31.0 Å². The van der Waals surface area contributed by atoms with Crippen LogP contribution < -0.4 is 10.2 Å². The topological polar surface area (TPSA) is 52.0 Å². The minimum absolute atomic E-state index is 0.236. The normalized spacial score (nSPS) is 11.7. The summed E-state index contributed by atoms with van der Waals surface area (Å²) in [5, 5.41) is 12.3. The van der Waals surface area contributed by atoms with Crippen LogP contribution in [0.25, 0.3) is 0 Å². The highest BCUT2D eigenvalue weighted by Crippen LogP contribution is 2.28. The van der Waals surface area contributed by atoms with Gasteiger partial charge in [0.1, 0.15) is 5.82 Å². The van der Waals surface area contributed by atoms with Crippen LogP contribution in [0.4, 0.5) is 11.5 Å². The van der Waals surface area contributed by atoms with Crippen LogP contribution in [0.15, 0.2) is 42.6 Å². The molecule has 0 fully saturated rings. The van der Waals surface area contributed by atoms with Gasteiger partial charge < -0.3 is 10.2 Å². The smallest absolute Gasteiger partial charge is 0.137 e. The summed E-state index contributed by atoms with van der Waals surface area (Å²) < 4.78 is 0. The number of nitriles is 1. The van der Waals surface area contributed by atoms with Crippen molar-refractivity contribution in [1.29, 1.82) is 5.26 Å². The van der Waals surface area contributed by atoms with Gasteiger partial charge in [-0.25, -0.2) is 4.98 Å². The first kappa shape index (κ1) is 15.0. The molecule has 0 spiro atoms. The summed E-state index contributed by atoms with van der Waals surface area (Å²) in [4.78, 5) is 6.57. The first-order valence-electron chi connectivity index (χ1n) is 7.09. The second-order valence-corrected chi connectivity index (χ2v) is 4.91. The van der Waals surface area contributed by atoms with Crippen LogP contribution in [0, 0.1) is 11.3 Å². The predicted molar refractivity (Wildman–Crippen MR) is 85.5 cm³/mol. The molecule has 4 heteroatoms. The van der Waals surface area contributed by atoms with Crippen molar-refractivity contribution in [3.8, 4) is 6.07 Å². The largest absolute Gasteiger partial charge is 0.329 e. The molecule has 1 aromatic heterocycles. The Kier molecular flexibility index (Phi) is 4.91. The first-order valence-corrected chi connectivity index (χ1v) is 7.09. The molecule has 0 aliphatic heterocycles. The minimum atomic E-state index is 0.236.